The van der Waals surface area contributed by atoms with Gasteiger partial charge in [0.05, 0.1) is 0 Å². The summed E-state index contributed by atoms with van der Waals surface area (Å²) in [5.41, 5.74) is 5.63. The van der Waals surface area contributed by atoms with Crippen LogP contribution in [0.2, 0.25) is 0 Å². The zero-order chi connectivity index (χ0) is 11.8. The number of nitrogens with two attached hydrogens (primary N) is 1. The first-order valence-corrected chi connectivity index (χ1v) is 6.53. The second-order valence-electron chi connectivity index (χ2n) is 4.57. The van der Waals surface area contributed by atoms with E-state index in [0.717, 1.165) is 38.8 Å². The summed E-state index contributed by atoms with van der Waals surface area (Å²) in [5.74, 6) is 0. The molecule has 94 valence electrons. The third kappa shape index (κ3) is 4.39. The van der Waals surface area contributed by atoms with Crippen molar-refractivity contribution in [3.63, 3.8) is 0 Å². The fourth-order valence-electron chi connectivity index (χ4n) is 2.14. The average Bonchev–Trinajstić information content (AvgIpc) is 2.56. The van der Waals surface area contributed by atoms with Gasteiger partial charge in [-0.05, 0) is 19.3 Å². The number of likely N-dealkylation sites (tertiary alicyclic amines) is 1. The molecule has 1 heterocycles. The molecule has 1 aliphatic rings. The van der Waals surface area contributed by atoms with Crippen LogP contribution in [0.4, 0.5) is 4.79 Å². The second kappa shape index (κ2) is 7.49. The van der Waals surface area contributed by atoms with Gasteiger partial charge in [0.2, 0.25) is 0 Å². The molecule has 1 saturated heterocycles. The van der Waals surface area contributed by atoms with E-state index in [1.54, 1.807) is 0 Å². The molecule has 0 radical (unpaired) electrons. The third-order valence-corrected chi connectivity index (χ3v) is 3.14. The molecule has 3 N–H and O–H groups in total. The summed E-state index contributed by atoms with van der Waals surface area (Å²) in [6, 6.07) is 0.214. The standard InChI is InChI=1S/C12H25N3O/c1-2-7-11(10-13)14-12(16)15-8-5-3-4-6-9-15/h11H,2-10,13H2,1H3,(H,14,16). The first-order valence-electron chi connectivity index (χ1n) is 6.53. The second-order valence-corrected chi connectivity index (χ2v) is 4.57. The van der Waals surface area contributed by atoms with Crippen LogP contribution in [0.3, 0.4) is 0 Å². The topological polar surface area (TPSA) is 58.4 Å². The lowest BCUT2D eigenvalue weighted by Gasteiger charge is -2.24. The first kappa shape index (κ1) is 13.3. The number of carbonyl (C=O) groups is 1. The number of amides is 2. The zero-order valence-corrected chi connectivity index (χ0v) is 10.4. The Hall–Kier alpha value is -0.770. The Morgan fingerprint density at radius 2 is 1.94 bits per heavy atom. The molecule has 16 heavy (non-hydrogen) atoms. The van der Waals surface area contributed by atoms with Gasteiger partial charge in [-0.2, -0.15) is 0 Å². The van der Waals surface area contributed by atoms with Gasteiger partial charge >= 0.3 is 6.03 Å². The molecule has 4 nitrogen and oxygen atoms in total. The molecular formula is C12H25N3O. The van der Waals surface area contributed by atoms with Crippen molar-refractivity contribution in [3.8, 4) is 0 Å². The highest BCUT2D eigenvalue weighted by atomic mass is 16.2. The highest BCUT2D eigenvalue weighted by Crippen LogP contribution is 2.09. The van der Waals surface area contributed by atoms with Gasteiger partial charge in [-0.15, -0.1) is 0 Å². The van der Waals surface area contributed by atoms with Crippen molar-refractivity contribution >= 4 is 6.03 Å². The molecule has 0 bridgehead atoms. The molecule has 0 aliphatic carbocycles. The lowest BCUT2D eigenvalue weighted by molar-refractivity contribution is 0.195. The quantitative estimate of drug-likeness (QED) is 0.768. The molecule has 1 aliphatic heterocycles. The minimum Gasteiger partial charge on any atom is -0.334 e. The molecule has 0 aromatic carbocycles. The van der Waals surface area contributed by atoms with E-state index in [0.29, 0.717) is 6.54 Å². The molecular weight excluding hydrogens is 202 g/mol. The number of nitrogens with zero attached hydrogens (tertiary/aromatic N) is 1. The van der Waals surface area contributed by atoms with Crippen LogP contribution in [-0.4, -0.2) is 36.6 Å². The number of nitrogens with one attached hydrogen (secondary N) is 1. The molecule has 1 unspecified atom stereocenters. The van der Waals surface area contributed by atoms with Crippen LogP contribution in [0, 0.1) is 0 Å². The van der Waals surface area contributed by atoms with Crippen LogP contribution in [0.25, 0.3) is 0 Å². The Labute approximate surface area is 98.6 Å². The van der Waals surface area contributed by atoms with Gasteiger partial charge in [-0.25, -0.2) is 4.79 Å². The van der Waals surface area contributed by atoms with Crippen LogP contribution in [0.5, 0.6) is 0 Å². The molecule has 0 aromatic heterocycles. The van der Waals surface area contributed by atoms with Crippen LogP contribution < -0.4 is 11.1 Å². The minimum atomic E-state index is 0.0748. The molecule has 4 heteroatoms. The maximum Gasteiger partial charge on any atom is 0.317 e. The summed E-state index contributed by atoms with van der Waals surface area (Å²) in [7, 11) is 0. The third-order valence-electron chi connectivity index (χ3n) is 3.14. The van der Waals surface area contributed by atoms with Crippen molar-refractivity contribution in [2.45, 2.75) is 51.5 Å². The Morgan fingerprint density at radius 1 is 1.31 bits per heavy atom. The maximum absolute atomic E-state index is 12.0. The van der Waals surface area contributed by atoms with Crippen LogP contribution in [-0.2, 0) is 0 Å². The highest BCUT2D eigenvalue weighted by Gasteiger charge is 2.17. The van der Waals surface area contributed by atoms with E-state index >= 15 is 0 Å². The number of urea groups is 1. The molecule has 1 fully saturated rings. The van der Waals surface area contributed by atoms with Crippen molar-refractivity contribution in [2.75, 3.05) is 19.6 Å². The Balaban J connectivity index is 2.36. The van der Waals surface area contributed by atoms with E-state index in [-0.39, 0.29) is 12.1 Å². The van der Waals surface area contributed by atoms with Gasteiger partial charge < -0.3 is 16.0 Å². The average molecular weight is 227 g/mol. The van der Waals surface area contributed by atoms with Gasteiger partial charge in [0.15, 0.2) is 0 Å². The first-order chi connectivity index (χ1) is 7.77. The normalized spacial score (nSPS) is 19.0. The van der Waals surface area contributed by atoms with Gasteiger partial charge in [0.25, 0.3) is 0 Å². The molecule has 2 amide bonds. The number of carbonyl (C=O) groups excluding carboxylic acids is 1. The van der Waals surface area contributed by atoms with Gasteiger partial charge in [0, 0.05) is 25.7 Å². The largest absolute Gasteiger partial charge is 0.334 e. The van der Waals surface area contributed by atoms with Crippen molar-refractivity contribution in [1.82, 2.24) is 10.2 Å². The molecule has 0 saturated carbocycles. The summed E-state index contributed by atoms with van der Waals surface area (Å²) in [5, 5.41) is 3.03. The summed E-state index contributed by atoms with van der Waals surface area (Å²) >= 11 is 0. The number of hydrogen-bond acceptors (Lipinski definition) is 2. The number of hydrogen-bond donors (Lipinski definition) is 2. The lowest BCUT2D eigenvalue weighted by atomic mass is 10.2. The van der Waals surface area contributed by atoms with E-state index in [1.807, 2.05) is 4.90 Å². The number of rotatable bonds is 4. The Kier molecular flexibility index (Phi) is 6.23. The lowest BCUT2D eigenvalue weighted by Crippen LogP contribution is -2.47. The van der Waals surface area contributed by atoms with Crippen molar-refractivity contribution in [1.29, 1.82) is 0 Å². The van der Waals surface area contributed by atoms with Gasteiger partial charge in [-0.3, -0.25) is 0 Å². The van der Waals surface area contributed by atoms with Crippen molar-refractivity contribution in [2.24, 2.45) is 5.73 Å². The molecule has 0 spiro atoms. The molecule has 1 rings (SSSR count). The van der Waals surface area contributed by atoms with E-state index in [1.165, 1.54) is 12.8 Å². The monoisotopic (exact) mass is 227 g/mol. The van der Waals surface area contributed by atoms with E-state index in [4.69, 9.17) is 5.73 Å². The maximum atomic E-state index is 12.0. The van der Waals surface area contributed by atoms with Crippen LogP contribution in [0.15, 0.2) is 0 Å². The SMILES string of the molecule is CCCC(CN)NC(=O)N1CCCCCC1. The summed E-state index contributed by atoms with van der Waals surface area (Å²) in [6.45, 7) is 4.44. The minimum absolute atomic E-state index is 0.0748. The Bertz CT molecular complexity index is 200. The predicted octanol–water partition coefficient (Wildman–Crippen LogP) is 1.70. The van der Waals surface area contributed by atoms with E-state index < -0.39 is 0 Å². The fraction of sp³-hybridized carbons (Fsp3) is 0.917. The Morgan fingerprint density at radius 3 is 2.44 bits per heavy atom. The van der Waals surface area contributed by atoms with Gasteiger partial charge in [-0.1, -0.05) is 26.2 Å². The smallest absolute Gasteiger partial charge is 0.317 e. The van der Waals surface area contributed by atoms with Crippen molar-refractivity contribution in [3.05, 3.63) is 0 Å². The van der Waals surface area contributed by atoms with Gasteiger partial charge in [0.1, 0.15) is 0 Å². The zero-order valence-electron chi connectivity index (χ0n) is 10.4. The summed E-state index contributed by atoms with van der Waals surface area (Å²) < 4.78 is 0. The molecule has 1 atom stereocenters. The summed E-state index contributed by atoms with van der Waals surface area (Å²) in [6.07, 6.45) is 6.79. The van der Waals surface area contributed by atoms with Crippen LogP contribution >= 0.6 is 0 Å². The fourth-order valence-corrected chi connectivity index (χ4v) is 2.14. The van der Waals surface area contributed by atoms with E-state index in [2.05, 4.69) is 12.2 Å². The van der Waals surface area contributed by atoms with Crippen molar-refractivity contribution < 1.29 is 4.79 Å². The summed E-state index contributed by atoms with van der Waals surface area (Å²) in [4.78, 5) is 13.9. The van der Waals surface area contributed by atoms with E-state index in [9.17, 15) is 4.79 Å². The predicted molar refractivity (Wildman–Crippen MR) is 66.3 cm³/mol. The van der Waals surface area contributed by atoms with Crippen LogP contribution in [0.1, 0.15) is 45.4 Å². The highest BCUT2D eigenvalue weighted by molar-refractivity contribution is 5.74. The molecule has 0 aromatic rings.